The summed E-state index contributed by atoms with van der Waals surface area (Å²) in [6.45, 7) is 0.179. The third kappa shape index (κ3) is 3.16. The largest absolute Gasteiger partial charge is 0.378 e. The van der Waals surface area contributed by atoms with Crippen LogP contribution in [0.3, 0.4) is 0 Å². The van der Waals surface area contributed by atoms with E-state index in [1.54, 1.807) is 19.2 Å². The van der Waals surface area contributed by atoms with Crippen LogP contribution in [0.2, 0.25) is 15.1 Å². The van der Waals surface area contributed by atoms with E-state index in [0.717, 1.165) is 0 Å². The second-order valence-electron chi connectivity index (χ2n) is 4.15. The summed E-state index contributed by atoms with van der Waals surface area (Å²) in [7, 11) is 3.06. The van der Waals surface area contributed by atoms with Crippen LogP contribution >= 0.6 is 34.8 Å². The average Bonchev–Trinajstić information content (AvgIpc) is 2.81. The summed E-state index contributed by atoms with van der Waals surface area (Å²) < 4.78 is 6.62. The monoisotopic (exact) mass is 347 g/mol. The van der Waals surface area contributed by atoms with E-state index >= 15 is 0 Å². The Morgan fingerprint density at radius 3 is 2.48 bits per heavy atom. The van der Waals surface area contributed by atoms with Crippen molar-refractivity contribution < 1.29 is 9.53 Å². The molecule has 0 bridgehead atoms. The molecule has 5 nitrogen and oxygen atoms in total. The fourth-order valence-corrected chi connectivity index (χ4v) is 2.88. The van der Waals surface area contributed by atoms with E-state index in [1.807, 2.05) is 0 Å². The topological polar surface area (TPSA) is 56.2 Å². The van der Waals surface area contributed by atoms with Gasteiger partial charge in [0.15, 0.2) is 0 Å². The fourth-order valence-electron chi connectivity index (χ4n) is 1.90. The van der Waals surface area contributed by atoms with Gasteiger partial charge in [0.2, 0.25) is 0 Å². The van der Waals surface area contributed by atoms with Gasteiger partial charge in [-0.05, 0) is 12.1 Å². The summed E-state index contributed by atoms with van der Waals surface area (Å²) >= 11 is 18.3. The van der Waals surface area contributed by atoms with E-state index in [2.05, 4.69) is 10.4 Å². The molecule has 0 aliphatic carbocycles. The Morgan fingerprint density at radius 2 is 1.95 bits per heavy atom. The molecule has 1 aromatic heterocycles. The van der Waals surface area contributed by atoms with Crippen molar-refractivity contribution in [2.75, 3.05) is 14.2 Å². The van der Waals surface area contributed by atoms with Gasteiger partial charge in [0.25, 0.3) is 5.91 Å². The standard InChI is InChI=1S/C13H12Cl3N3O2/c1-17-13(20)8-5-18-19(11(8)6-21-2)12-9(15)3-7(14)4-10(12)16/h3-5H,6H2,1-2H3,(H,17,20). The van der Waals surface area contributed by atoms with Crippen molar-refractivity contribution in [3.8, 4) is 5.69 Å². The van der Waals surface area contributed by atoms with Crippen molar-refractivity contribution >= 4 is 40.7 Å². The number of carbonyl (C=O) groups excluding carboxylic acids is 1. The maximum Gasteiger partial charge on any atom is 0.254 e. The number of amides is 1. The van der Waals surface area contributed by atoms with E-state index in [4.69, 9.17) is 39.5 Å². The lowest BCUT2D eigenvalue weighted by molar-refractivity contribution is 0.0957. The number of nitrogens with one attached hydrogen (secondary N) is 1. The molecule has 0 atom stereocenters. The molecule has 1 N–H and O–H groups in total. The molecule has 0 saturated carbocycles. The Labute approximate surface area is 136 Å². The van der Waals surface area contributed by atoms with Crippen molar-refractivity contribution in [1.82, 2.24) is 15.1 Å². The van der Waals surface area contributed by atoms with Crippen molar-refractivity contribution in [3.63, 3.8) is 0 Å². The highest BCUT2D eigenvalue weighted by Gasteiger charge is 2.20. The van der Waals surface area contributed by atoms with Crippen molar-refractivity contribution in [2.24, 2.45) is 0 Å². The molecule has 0 spiro atoms. The highest BCUT2D eigenvalue weighted by Crippen LogP contribution is 2.33. The van der Waals surface area contributed by atoms with Gasteiger partial charge in [-0.15, -0.1) is 0 Å². The molecular weight excluding hydrogens is 337 g/mol. The molecule has 0 saturated heterocycles. The predicted octanol–water partition coefficient (Wildman–Crippen LogP) is 3.34. The average molecular weight is 349 g/mol. The molecule has 0 aliphatic rings. The van der Waals surface area contributed by atoms with E-state index in [-0.39, 0.29) is 12.5 Å². The van der Waals surface area contributed by atoms with Gasteiger partial charge in [-0.3, -0.25) is 4.79 Å². The van der Waals surface area contributed by atoms with Crippen LogP contribution < -0.4 is 5.32 Å². The van der Waals surface area contributed by atoms with Crippen LogP contribution in [0.5, 0.6) is 0 Å². The van der Waals surface area contributed by atoms with E-state index in [9.17, 15) is 4.79 Å². The minimum atomic E-state index is -0.269. The van der Waals surface area contributed by atoms with E-state index < -0.39 is 0 Å². The zero-order chi connectivity index (χ0) is 15.6. The van der Waals surface area contributed by atoms with Crippen molar-refractivity contribution in [2.45, 2.75) is 6.61 Å². The van der Waals surface area contributed by atoms with Gasteiger partial charge < -0.3 is 10.1 Å². The summed E-state index contributed by atoms with van der Waals surface area (Å²) in [5, 5.41) is 7.81. The molecule has 1 aromatic carbocycles. The van der Waals surface area contributed by atoms with Crippen LogP contribution in [0.4, 0.5) is 0 Å². The molecule has 8 heteroatoms. The Balaban J connectivity index is 2.65. The zero-order valence-corrected chi connectivity index (χ0v) is 13.6. The molecule has 21 heavy (non-hydrogen) atoms. The second kappa shape index (κ2) is 6.66. The third-order valence-electron chi connectivity index (χ3n) is 2.82. The summed E-state index contributed by atoms with van der Waals surface area (Å²) in [6, 6.07) is 3.12. The highest BCUT2D eigenvalue weighted by atomic mass is 35.5. The van der Waals surface area contributed by atoms with Crippen molar-refractivity contribution in [3.05, 3.63) is 44.7 Å². The first kappa shape index (κ1) is 16.1. The van der Waals surface area contributed by atoms with Gasteiger partial charge in [0.1, 0.15) is 5.69 Å². The maximum atomic E-state index is 11.9. The third-order valence-corrected chi connectivity index (χ3v) is 3.61. The van der Waals surface area contributed by atoms with Gasteiger partial charge in [0.05, 0.1) is 34.1 Å². The molecule has 0 aliphatic heterocycles. The van der Waals surface area contributed by atoms with Crippen LogP contribution in [-0.4, -0.2) is 29.8 Å². The number of aromatic nitrogens is 2. The number of methoxy groups -OCH3 is 1. The zero-order valence-electron chi connectivity index (χ0n) is 11.3. The Bertz CT molecular complexity index is 662. The Morgan fingerprint density at radius 1 is 1.33 bits per heavy atom. The minimum Gasteiger partial charge on any atom is -0.378 e. The number of hydrogen-bond acceptors (Lipinski definition) is 3. The molecule has 0 fully saturated rings. The smallest absolute Gasteiger partial charge is 0.254 e. The minimum absolute atomic E-state index is 0.179. The molecular formula is C13H12Cl3N3O2. The first-order chi connectivity index (χ1) is 9.99. The molecule has 2 rings (SSSR count). The fraction of sp³-hybridized carbons (Fsp3) is 0.231. The maximum absolute atomic E-state index is 11.9. The van der Waals surface area contributed by atoms with Crippen LogP contribution in [0, 0.1) is 0 Å². The van der Waals surface area contributed by atoms with Crippen LogP contribution in [0.25, 0.3) is 5.69 Å². The number of carbonyl (C=O) groups is 1. The summed E-state index contributed by atoms with van der Waals surface area (Å²) in [5.74, 6) is -0.269. The molecule has 2 aromatic rings. The number of hydrogen-bond donors (Lipinski definition) is 1. The quantitative estimate of drug-likeness (QED) is 0.922. The van der Waals surface area contributed by atoms with Gasteiger partial charge in [-0.25, -0.2) is 4.68 Å². The molecule has 1 heterocycles. The number of ether oxygens (including phenoxy) is 1. The number of halogens is 3. The number of rotatable bonds is 4. The Hall–Kier alpha value is -1.27. The number of nitrogens with zero attached hydrogens (tertiary/aromatic N) is 2. The van der Waals surface area contributed by atoms with Gasteiger partial charge in [0, 0.05) is 19.2 Å². The van der Waals surface area contributed by atoms with Gasteiger partial charge in [-0.2, -0.15) is 5.10 Å². The second-order valence-corrected chi connectivity index (χ2v) is 5.40. The lowest BCUT2D eigenvalue weighted by atomic mass is 10.2. The van der Waals surface area contributed by atoms with E-state index in [1.165, 1.54) is 18.0 Å². The Kier molecular flexibility index (Phi) is 5.11. The van der Waals surface area contributed by atoms with Gasteiger partial charge in [-0.1, -0.05) is 34.8 Å². The van der Waals surface area contributed by atoms with E-state index in [0.29, 0.717) is 32.0 Å². The van der Waals surface area contributed by atoms with Gasteiger partial charge >= 0.3 is 0 Å². The van der Waals surface area contributed by atoms with Crippen LogP contribution in [0.1, 0.15) is 16.1 Å². The molecule has 1 amide bonds. The molecule has 0 radical (unpaired) electrons. The van der Waals surface area contributed by atoms with Crippen molar-refractivity contribution in [1.29, 1.82) is 0 Å². The highest BCUT2D eigenvalue weighted by molar-refractivity contribution is 6.40. The molecule has 0 unspecified atom stereocenters. The lowest BCUT2D eigenvalue weighted by Gasteiger charge is -2.12. The summed E-state index contributed by atoms with van der Waals surface area (Å²) in [4.78, 5) is 11.9. The van der Waals surface area contributed by atoms with Crippen LogP contribution in [-0.2, 0) is 11.3 Å². The summed E-state index contributed by atoms with van der Waals surface area (Å²) in [5.41, 5.74) is 1.38. The number of benzene rings is 1. The van der Waals surface area contributed by atoms with Crippen LogP contribution in [0.15, 0.2) is 18.3 Å². The first-order valence-corrected chi connectivity index (χ1v) is 7.05. The SMILES string of the molecule is CNC(=O)c1cnn(-c2c(Cl)cc(Cl)cc2Cl)c1COC. The normalized spacial score (nSPS) is 10.7. The first-order valence-electron chi connectivity index (χ1n) is 5.92. The predicted molar refractivity (Wildman–Crippen MR) is 82.7 cm³/mol. The lowest BCUT2D eigenvalue weighted by Crippen LogP contribution is -2.19. The summed E-state index contributed by atoms with van der Waals surface area (Å²) in [6.07, 6.45) is 1.44. The molecule has 112 valence electrons.